The van der Waals surface area contributed by atoms with Crippen molar-refractivity contribution < 1.29 is 0 Å². The van der Waals surface area contributed by atoms with Crippen LogP contribution < -0.4 is 5.73 Å². The summed E-state index contributed by atoms with van der Waals surface area (Å²) in [6.45, 7) is 0. The zero-order chi connectivity index (χ0) is 13.2. The Kier molecular flexibility index (Phi) is 3.36. The van der Waals surface area contributed by atoms with E-state index in [1.54, 1.807) is 11.3 Å². The van der Waals surface area contributed by atoms with E-state index in [2.05, 4.69) is 38.4 Å². The summed E-state index contributed by atoms with van der Waals surface area (Å²) in [5.74, 6) is 0. The predicted molar refractivity (Wildman–Crippen MR) is 85.1 cm³/mol. The molecular formula is C15H11BrN2S. The van der Waals surface area contributed by atoms with Crippen LogP contribution in [0.25, 0.3) is 21.8 Å². The molecule has 0 bridgehead atoms. The van der Waals surface area contributed by atoms with Crippen LogP contribution in [0.2, 0.25) is 0 Å². The Labute approximate surface area is 124 Å². The first kappa shape index (κ1) is 12.4. The van der Waals surface area contributed by atoms with Crippen LogP contribution in [0.3, 0.4) is 0 Å². The molecule has 2 aromatic carbocycles. The number of rotatable bonds is 2. The molecule has 0 saturated carbocycles. The summed E-state index contributed by atoms with van der Waals surface area (Å²) < 4.78 is 1.06. The van der Waals surface area contributed by atoms with Crippen molar-refractivity contribution in [2.24, 2.45) is 0 Å². The maximum absolute atomic E-state index is 5.70. The molecule has 2 N–H and O–H groups in total. The fourth-order valence-electron chi connectivity index (χ4n) is 1.81. The van der Waals surface area contributed by atoms with E-state index in [1.165, 1.54) is 0 Å². The molecule has 19 heavy (non-hydrogen) atoms. The monoisotopic (exact) mass is 330 g/mol. The van der Waals surface area contributed by atoms with Crippen LogP contribution >= 0.6 is 27.3 Å². The van der Waals surface area contributed by atoms with Gasteiger partial charge in [0.05, 0.1) is 5.69 Å². The summed E-state index contributed by atoms with van der Waals surface area (Å²) in [5.41, 5.74) is 9.68. The van der Waals surface area contributed by atoms with Gasteiger partial charge < -0.3 is 5.73 Å². The average Bonchev–Trinajstić information content (AvgIpc) is 2.89. The highest BCUT2D eigenvalue weighted by Gasteiger charge is 2.06. The van der Waals surface area contributed by atoms with Crippen molar-refractivity contribution in [1.82, 2.24) is 4.98 Å². The Balaban J connectivity index is 1.97. The third-order valence-electron chi connectivity index (χ3n) is 2.78. The van der Waals surface area contributed by atoms with E-state index in [0.29, 0.717) is 0 Å². The first-order chi connectivity index (χ1) is 9.22. The second kappa shape index (κ2) is 5.15. The third-order valence-corrected chi connectivity index (χ3v) is 4.17. The minimum atomic E-state index is 0.771. The Morgan fingerprint density at radius 2 is 1.79 bits per heavy atom. The smallest absolute Gasteiger partial charge is 0.124 e. The summed E-state index contributed by atoms with van der Waals surface area (Å²) in [5, 5.41) is 3.09. The molecule has 0 radical (unpaired) electrons. The number of nitrogens with zero attached hydrogens (tertiary/aromatic N) is 1. The van der Waals surface area contributed by atoms with Crippen LogP contribution in [0.15, 0.2) is 58.4 Å². The fourth-order valence-corrected chi connectivity index (χ4v) is 3.05. The molecule has 4 heteroatoms. The van der Waals surface area contributed by atoms with E-state index >= 15 is 0 Å². The van der Waals surface area contributed by atoms with E-state index in [9.17, 15) is 0 Å². The van der Waals surface area contributed by atoms with Crippen molar-refractivity contribution in [2.75, 3.05) is 5.73 Å². The minimum Gasteiger partial charge on any atom is -0.399 e. The Bertz CT molecular complexity index is 704. The molecule has 3 rings (SSSR count). The van der Waals surface area contributed by atoms with Gasteiger partial charge in [-0.3, -0.25) is 0 Å². The van der Waals surface area contributed by atoms with Crippen LogP contribution in [-0.4, -0.2) is 4.98 Å². The second-order valence-corrected chi connectivity index (χ2v) is 5.94. The summed E-state index contributed by atoms with van der Waals surface area (Å²) in [6, 6.07) is 16.0. The topological polar surface area (TPSA) is 38.9 Å². The average molecular weight is 331 g/mol. The van der Waals surface area contributed by atoms with Gasteiger partial charge in [0.25, 0.3) is 0 Å². The van der Waals surface area contributed by atoms with Crippen LogP contribution in [0.1, 0.15) is 0 Å². The molecule has 0 aliphatic rings. The zero-order valence-corrected chi connectivity index (χ0v) is 12.4. The molecule has 0 fully saturated rings. The largest absolute Gasteiger partial charge is 0.399 e. The van der Waals surface area contributed by atoms with Crippen molar-refractivity contribution in [3.05, 3.63) is 58.4 Å². The van der Waals surface area contributed by atoms with Gasteiger partial charge in [-0.05, 0) is 36.4 Å². The third kappa shape index (κ3) is 2.69. The molecule has 1 aromatic heterocycles. The van der Waals surface area contributed by atoms with Crippen molar-refractivity contribution in [1.29, 1.82) is 0 Å². The lowest BCUT2D eigenvalue weighted by molar-refractivity contribution is 1.40. The predicted octanol–water partition coefficient (Wildman–Crippen LogP) is 4.82. The molecule has 0 aliphatic carbocycles. The summed E-state index contributed by atoms with van der Waals surface area (Å²) in [7, 11) is 0. The van der Waals surface area contributed by atoms with E-state index in [-0.39, 0.29) is 0 Å². The van der Waals surface area contributed by atoms with E-state index < -0.39 is 0 Å². The summed E-state index contributed by atoms with van der Waals surface area (Å²) in [4.78, 5) is 4.68. The van der Waals surface area contributed by atoms with Crippen molar-refractivity contribution >= 4 is 33.0 Å². The molecule has 0 amide bonds. The highest BCUT2D eigenvalue weighted by atomic mass is 79.9. The molecule has 0 aliphatic heterocycles. The molecule has 2 nitrogen and oxygen atoms in total. The molecule has 0 unspecified atom stereocenters. The lowest BCUT2D eigenvalue weighted by Crippen LogP contribution is -1.84. The van der Waals surface area contributed by atoms with Gasteiger partial charge in [-0.15, -0.1) is 11.3 Å². The number of benzene rings is 2. The Morgan fingerprint density at radius 1 is 1.00 bits per heavy atom. The number of aromatic nitrogens is 1. The number of hydrogen-bond donors (Lipinski definition) is 1. The fraction of sp³-hybridized carbons (Fsp3) is 0. The molecule has 0 spiro atoms. The van der Waals surface area contributed by atoms with Gasteiger partial charge in [0.15, 0.2) is 0 Å². The molecular weight excluding hydrogens is 320 g/mol. The van der Waals surface area contributed by atoms with Crippen molar-refractivity contribution in [3.8, 4) is 21.8 Å². The lowest BCUT2D eigenvalue weighted by atomic mass is 10.2. The van der Waals surface area contributed by atoms with Gasteiger partial charge in [-0.25, -0.2) is 4.98 Å². The second-order valence-electron chi connectivity index (χ2n) is 4.17. The number of hydrogen-bond acceptors (Lipinski definition) is 3. The van der Waals surface area contributed by atoms with Crippen LogP contribution in [0.5, 0.6) is 0 Å². The number of nitrogens with two attached hydrogens (primary N) is 1. The normalized spacial score (nSPS) is 10.6. The Hall–Kier alpha value is -1.65. The van der Waals surface area contributed by atoms with Gasteiger partial charge in [0.1, 0.15) is 5.01 Å². The highest BCUT2D eigenvalue weighted by molar-refractivity contribution is 9.10. The highest BCUT2D eigenvalue weighted by Crippen LogP contribution is 2.30. The number of anilines is 1. The number of thiazole rings is 1. The number of halogens is 1. The number of nitrogen functional groups attached to an aromatic ring is 1. The molecule has 94 valence electrons. The molecule has 0 saturated heterocycles. The van der Waals surface area contributed by atoms with Crippen LogP contribution in [-0.2, 0) is 0 Å². The van der Waals surface area contributed by atoms with E-state index in [0.717, 1.165) is 32.0 Å². The first-order valence-electron chi connectivity index (χ1n) is 5.80. The van der Waals surface area contributed by atoms with E-state index in [1.807, 2.05) is 36.4 Å². The maximum atomic E-state index is 5.70. The first-order valence-corrected chi connectivity index (χ1v) is 7.47. The van der Waals surface area contributed by atoms with Gasteiger partial charge >= 0.3 is 0 Å². The van der Waals surface area contributed by atoms with Crippen LogP contribution in [0, 0.1) is 0 Å². The van der Waals surface area contributed by atoms with Gasteiger partial charge in [-0.2, -0.15) is 0 Å². The van der Waals surface area contributed by atoms with Crippen molar-refractivity contribution in [3.63, 3.8) is 0 Å². The molecule has 0 atom stereocenters. The van der Waals surface area contributed by atoms with E-state index in [4.69, 9.17) is 5.73 Å². The van der Waals surface area contributed by atoms with Crippen LogP contribution in [0.4, 0.5) is 5.69 Å². The van der Waals surface area contributed by atoms with Gasteiger partial charge in [0.2, 0.25) is 0 Å². The maximum Gasteiger partial charge on any atom is 0.124 e. The molecule has 3 aromatic rings. The molecule has 1 heterocycles. The quantitative estimate of drug-likeness (QED) is 0.684. The zero-order valence-electron chi connectivity index (χ0n) is 10.0. The van der Waals surface area contributed by atoms with Gasteiger partial charge in [0, 0.05) is 26.7 Å². The minimum absolute atomic E-state index is 0.771. The Morgan fingerprint density at radius 3 is 2.53 bits per heavy atom. The van der Waals surface area contributed by atoms with Gasteiger partial charge in [-0.1, -0.05) is 28.1 Å². The standard InChI is InChI=1S/C15H11BrN2S/c16-12-3-1-2-11(8-12)14-9-19-15(18-14)10-4-6-13(17)7-5-10/h1-9H,17H2. The summed E-state index contributed by atoms with van der Waals surface area (Å²) >= 11 is 5.12. The van der Waals surface area contributed by atoms with Crippen molar-refractivity contribution in [2.45, 2.75) is 0 Å². The summed E-state index contributed by atoms with van der Waals surface area (Å²) in [6.07, 6.45) is 0. The SMILES string of the molecule is Nc1ccc(-c2nc(-c3cccc(Br)c3)cs2)cc1. The lowest BCUT2D eigenvalue weighted by Gasteiger charge is -1.98.